The molecule has 3 aromatic rings. The van der Waals surface area contributed by atoms with Crippen molar-refractivity contribution in [3.63, 3.8) is 0 Å². The van der Waals surface area contributed by atoms with Crippen molar-refractivity contribution in [3.05, 3.63) is 60.7 Å². The van der Waals surface area contributed by atoms with Crippen molar-refractivity contribution in [1.82, 2.24) is 20.6 Å². The number of nitrogens with one attached hydrogen (secondary N) is 3. The lowest BCUT2D eigenvalue weighted by molar-refractivity contribution is -0.119. The number of rotatable bonds is 5. The van der Waals surface area contributed by atoms with Crippen molar-refractivity contribution >= 4 is 23.7 Å². The number of imide groups is 1. The number of aromatic amines is 1. The van der Waals surface area contributed by atoms with Crippen LogP contribution in [0.15, 0.2) is 65.8 Å². The van der Waals surface area contributed by atoms with Gasteiger partial charge in [0.25, 0.3) is 0 Å². The van der Waals surface area contributed by atoms with Crippen molar-refractivity contribution in [2.24, 2.45) is 0 Å². The molecule has 0 aliphatic carbocycles. The maximum atomic E-state index is 12.1. The van der Waals surface area contributed by atoms with Gasteiger partial charge in [-0.2, -0.15) is 0 Å². The fourth-order valence-corrected chi connectivity index (χ4v) is 3.33. The average Bonchev–Trinajstić information content (AvgIpc) is 3.13. The normalized spacial score (nSPS) is 11.6. The second kappa shape index (κ2) is 8.55. The zero-order valence-electron chi connectivity index (χ0n) is 15.0. The van der Waals surface area contributed by atoms with E-state index in [1.165, 1.54) is 18.8 Å². The minimum Gasteiger partial charge on any atom is -0.341 e. The molecule has 1 unspecified atom stereocenters. The van der Waals surface area contributed by atoms with Crippen LogP contribution in [0.2, 0.25) is 0 Å². The summed E-state index contributed by atoms with van der Waals surface area (Å²) in [5, 5.41) is 4.78. The fourth-order valence-electron chi connectivity index (χ4n) is 2.52. The molecule has 1 aromatic heterocycles. The summed E-state index contributed by atoms with van der Waals surface area (Å²) in [7, 11) is 1.46. The minimum atomic E-state index is -0.526. The fraction of sp³-hybridized carbons (Fsp3) is 0.150. The van der Waals surface area contributed by atoms with Gasteiger partial charge in [0.1, 0.15) is 0 Å². The Morgan fingerprint density at radius 3 is 2.19 bits per heavy atom. The molecule has 7 heteroatoms. The first-order valence-corrected chi connectivity index (χ1v) is 9.36. The van der Waals surface area contributed by atoms with Crippen LogP contribution in [-0.4, -0.2) is 34.2 Å². The van der Waals surface area contributed by atoms with Crippen LogP contribution >= 0.6 is 11.8 Å². The van der Waals surface area contributed by atoms with Crippen molar-refractivity contribution in [3.8, 4) is 22.5 Å². The number of carbonyl (C=O) groups is 2. The third kappa shape index (κ3) is 4.57. The van der Waals surface area contributed by atoms with E-state index in [9.17, 15) is 9.59 Å². The average molecular weight is 380 g/mol. The standard InChI is InChI=1S/C20H20N4O2S/c1-13(18(25)24-19(26)21-2)27-20-22-16(14-9-5-3-6-10-14)17(23-20)15-11-7-4-8-12-15/h3-13H,1-2H3,(H,22,23)(H2,21,24,25,26). The Hall–Kier alpha value is -3.06. The topological polar surface area (TPSA) is 86.9 Å². The maximum Gasteiger partial charge on any atom is 0.321 e. The van der Waals surface area contributed by atoms with Crippen LogP contribution in [0.4, 0.5) is 4.79 Å². The van der Waals surface area contributed by atoms with Gasteiger partial charge in [0, 0.05) is 18.2 Å². The molecule has 138 valence electrons. The van der Waals surface area contributed by atoms with Gasteiger partial charge in [-0.1, -0.05) is 72.4 Å². The van der Waals surface area contributed by atoms with Crippen LogP contribution in [-0.2, 0) is 4.79 Å². The molecule has 0 saturated carbocycles. The molecule has 2 aromatic carbocycles. The van der Waals surface area contributed by atoms with Gasteiger partial charge in [0.05, 0.1) is 16.6 Å². The van der Waals surface area contributed by atoms with Gasteiger partial charge in [-0.25, -0.2) is 9.78 Å². The van der Waals surface area contributed by atoms with Crippen LogP contribution in [0.3, 0.4) is 0 Å². The lowest BCUT2D eigenvalue weighted by Gasteiger charge is -2.08. The number of imidazole rings is 1. The minimum absolute atomic E-state index is 0.377. The Morgan fingerprint density at radius 2 is 1.59 bits per heavy atom. The monoisotopic (exact) mass is 380 g/mol. The summed E-state index contributed by atoms with van der Waals surface area (Å²) in [5.41, 5.74) is 3.71. The summed E-state index contributed by atoms with van der Waals surface area (Å²) in [4.78, 5) is 31.5. The molecule has 1 atom stereocenters. The van der Waals surface area contributed by atoms with Gasteiger partial charge in [-0.05, 0) is 6.92 Å². The second-order valence-electron chi connectivity index (χ2n) is 5.83. The molecule has 1 heterocycles. The van der Waals surface area contributed by atoms with E-state index < -0.39 is 11.3 Å². The van der Waals surface area contributed by atoms with Crippen molar-refractivity contribution in [1.29, 1.82) is 0 Å². The van der Waals surface area contributed by atoms with Gasteiger partial charge in [0.2, 0.25) is 5.91 Å². The first-order valence-electron chi connectivity index (χ1n) is 8.48. The summed E-state index contributed by atoms with van der Waals surface area (Å²) in [5.74, 6) is -0.377. The third-order valence-electron chi connectivity index (χ3n) is 3.91. The number of aromatic nitrogens is 2. The molecular formula is C20H20N4O2S. The Morgan fingerprint density at radius 1 is 1.00 bits per heavy atom. The summed E-state index contributed by atoms with van der Waals surface area (Å²) in [6.45, 7) is 1.73. The van der Waals surface area contributed by atoms with Crippen LogP contribution < -0.4 is 10.6 Å². The number of carbonyl (C=O) groups excluding carboxylic acids is 2. The number of hydrogen-bond donors (Lipinski definition) is 3. The number of thioether (sulfide) groups is 1. The quantitative estimate of drug-likeness (QED) is 0.589. The molecule has 3 rings (SSSR count). The van der Waals surface area contributed by atoms with Crippen LogP contribution in [0.25, 0.3) is 22.5 Å². The molecule has 3 N–H and O–H groups in total. The van der Waals surface area contributed by atoms with E-state index >= 15 is 0 Å². The van der Waals surface area contributed by atoms with Crippen molar-refractivity contribution < 1.29 is 9.59 Å². The summed E-state index contributed by atoms with van der Waals surface area (Å²) < 4.78 is 0. The summed E-state index contributed by atoms with van der Waals surface area (Å²) in [6.07, 6.45) is 0. The molecular weight excluding hydrogens is 360 g/mol. The molecule has 27 heavy (non-hydrogen) atoms. The number of benzene rings is 2. The molecule has 0 saturated heterocycles. The highest BCUT2D eigenvalue weighted by Crippen LogP contribution is 2.33. The van der Waals surface area contributed by atoms with Crippen molar-refractivity contribution in [2.75, 3.05) is 7.05 Å². The molecule has 0 bridgehead atoms. The molecule has 0 aliphatic heterocycles. The number of H-pyrrole nitrogens is 1. The predicted molar refractivity (Wildman–Crippen MR) is 107 cm³/mol. The maximum absolute atomic E-state index is 12.1. The Bertz CT molecular complexity index is 869. The smallest absolute Gasteiger partial charge is 0.321 e. The Kier molecular flexibility index (Phi) is 5.93. The van der Waals surface area contributed by atoms with Crippen LogP contribution in [0.1, 0.15) is 6.92 Å². The molecule has 3 amide bonds. The van der Waals surface area contributed by atoms with E-state index in [1.807, 2.05) is 60.7 Å². The lowest BCUT2D eigenvalue weighted by atomic mass is 10.1. The zero-order valence-corrected chi connectivity index (χ0v) is 15.8. The number of nitrogens with zero attached hydrogens (tertiary/aromatic N) is 1. The van der Waals surface area contributed by atoms with E-state index in [0.29, 0.717) is 5.16 Å². The lowest BCUT2D eigenvalue weighted by Crippen LogP contribution is -2.41. The van der Waals surface area contributed by atoms with Gasteiger partial charge in [0.15, 0.2) is 5.16 Å². The van der Waals surface area contributed by atoms with Gasteiger partial charge in [-0.15, -0.1) is 0 Å². The largest absolute Gasteiger partial charge is 0.341 e. The number of hydrogen-bond acceptors (Lipinski definition) is 4. The highest BCUT2D eigenvalue weighted by Gasteiger charge is 2.20. The molecule has 0 fully saturated rings. The van der Waals surface area contributed by atoms with Gasteiger partial charge < -0.3 is 10.3 Å². The van der Waals surface area contributed by atoms with E-state index in [4.69, 9.17) is 4.98 Å². The summed E-state index contributed by atoms with van der Waals surface area (Å²) >= 11 is 1.27. The third-order valence-corrected chi connectivity index (χ3v) is 4.90. The van der Waals surface area contributed by atoms with E-state index in [0.717, 1.165) is 22.5 Å². The van der Waals surface area contributed by atoms with E-state index in [2.05, 4.69) is 15.6 Å². The molecule has 0 aliphatic rings. The summed E-state index contributed by atoms with van der Waals surface area (Å²) in [6, 6.07) is 19.3. The van der Waals surface area contributed by atoms with E-state index in [-0.39, 0.29) is 5.91 Å². The SMILES string of the molecule is CNC(=O)NC(=O)C(C)Sc1nc(-c2ccccc2)c(-c2ccccc2)[nH]1. The molecule has 0 radical (unpaired) electrons. The van der Waals surface area contributed by atoms with Gasteiger partial charge in [-0.3, -0.25) is 10.1 Å². The highest BCUT2D eigenvalue weighted by atomic mass is 32.2. The van der Waals surface area contributed by atoms with Crippen LogP contribution in [0, 0.1) is 0 Å². The second-order valence-corrected chi connectivity index (χ2v) is 7.16. The highest BCUT2D eigenvalue weighted by molar-refractivity contribution is 8.00. The first-order chi connectivity index (χ1) is 13.1. The van der Waals surface area contributed by atoms with E-state index in [1.54, 1.807) is 6.92 Å². The first kappa shape index (κ1) is 18.7. The van der Waals surface area contributed by atoms with Crippen molar-refractivity contribution in [2.45, 2.75) is 17.3 Å². The molecule has 0 spiro atoms. The Labute approximate surface area is 161 Å². The number of amides is 3. The van der Waals surface area contributed by atoms with Gasteiger partial charge >= 0.3 is 6.03 Å². The Balaban J connectivity index is 1.90. The predicted octanol–water partition coefficient (Wildman–Crippen LogP) is 3.68. The number of urea groups is 1. The molecule has 6 nitrogen and oxygen atoms in total. The van der Waals surface area contributed by atoms with Crippen LogP contribution in [0.5, 0.6) is 0 Å². The zero-order chi connectivity index (χ0) is 19.2.